The Morgan fingerprint density at radius 2 is 1.83 bits per heavy atom. The monoisotopic (exact) mass is 420 g/mol. The van der Waals surface area contributed by atoms with Crippen molar-refractivity contribution in [3.05, 3.63) is 47.7 Å². The van der Waals surface area contributed by atoms with Crippen molar-refractivity contribution in [3.8, 4) is 0 Å². The fourth-order valence-electron chi connectivity index (χ4n) is 2.85. The number of nitrogens with one attached hydrogen (secondary N) is 1. The Labute approximate surface area is 174 Å². The van der Waals surface area contributed by atoms with E-state index in [9.17, 15) is 13.2 Å². The van der Waals surface area contributed by atoms with Gasteiger partial charge in [-0.2, -0.15) is 9.40 Å². The number of carbonyl (C=O) groups is 1. The Balaban J connectivity index is 2.15. The van der Waals surface area contributed by atoms with E-state index in [4.69, 9.17) is 0 Å². The summed E-state index contributed by atoms with van der Waals surface area (Å²) >= 11 is 0. The summed E-state index contributed by atoms with van der Waals surface area (Å²) in [5, 5.41) is 7.23. The molecule has 0 aliphatic carbocycles. The first-order chi connectivity index (χ1) is 13.4. The molecule has 1 aromatic heterocycles. The van der Waals surface area contributed by atoms with Gasteiger partial charge in [0, 0.05) is 25.1 Å². The summed E-state index contributed by atoms with van der Waals surface area (Å²) in [6, 6.07) is 10.8. The molecule has 2 aromatic rings. The van der Waals surface area contributed by atoms with E-state index in [1.165, 1.54) is 4.31 Å². The van der Waals surface area contributed by atoms with Crippen LogP contribution in [0.1, 0.15) is 45.9 Å². The molecule has 29 heavy (non-hydrogen) atoms. The van der Waals surface area contributed by atoms with Crippen LogP contribution in [-0.4, -0.2) is 41.5 Å². The van der Waals surface area contributed by atoms with Crippen LogP contribution in [0.5, 0.6) is 0 Å². The molecule has 0 bridgehead atoms. The van der Waals surface area contributed by atoms with E-state index in [1.54, 1.807) is 36.0 Å². The quantitative estimate of drug-likeness (QED) is 0.711. The van der Waals surface area contributed by atoms with Crippen molar-refractivity contribution in [1.82, 2.24) is 14.1 Å². The average Bonchev–Trinajstić information content (AvgIpc) is 2.95. The number of hydrogen-bond acceptors (Lipinski definition) is 4. The Hall–Kier alpha value is -2.19. The van der Waals surface area contributed by atoms with Crippen molar-refractivity contribution in [1.29, 1.82) is 0 Å². The van der Waals surface area contributed by atoms with Gasteiger partial charge >= 0.3 is 0 Å². The fourth-order valence-corrected chi connectivity index (χ4v) is 4.49. The molecule has 1 N–H and O–H groups in total. The van der Waals surface area contributed by atoms with Gasteiger partial charge in [0.15, 0.2) is 0 Å². The highest BCUT2D eigenvalue weighted by Gasteiger charge is 2.26. The third-order valence-electron chi connectivity index (χ3n) is 4.39. The number of nitrogens with zero attached hydrogens (tertiary/aromatic N) is 3. The molecule has 7 nitrogen and oxygen atoms in total. The summed E-state index contributed by atoms with van der Waals surface area (Å²) in [5.74, 6) is 0.126. The first-order valence-electron chi connectivity index (χ1n) is 9.74. The maximum absolute atomic E-state index is 13.0. The van der Waals surface area contributed by atoms with Crippen LogP contribution in [0.15, 0.2) is 36.4 Å². The lowest BCUT2D eigenvalue weighted by molar-refractivity contribution is -0.116. The largest absolute Gasteiger partial charge is 0.310 e. The SMILES string of the molecule is CC(C)CN(CC(=O)Nc1cc(C(C)(C)C)nn1C)S(=O)(=O)Cc1ccccc1. The fraction of sp³-hybridized carbons (Fsp3) is 0.524. The summed E-state index contributed by atoms with van der Waals surface area (Å²) in [6.07, 6.45) is 0. The number of aromatic nitrogens is 2. The maximum Gasteiger partial charge on any atom is 0.240 e. The summed E-state index contributed by atoms with van der Waals surface area (Å²) in [5.41, 5.74) is 1.40. The molecule has 0 saturated heterocycles. The minimum atomic E-state index is -3.64. The molecule has 8 heteroatoms. The van der Waals surface area contributed by atoms with Gasteiger partial charge < -0.3 is 5.32 Å². The van der Waals surface area contributed by atoms with Crippen molar-refractivity contribution in [3.63, 3.8) is 0 Å². The van der Waals surface area contributed by atoms with Crippen LogP contribution in [0.2, 0.25) is 0 Å². The molecule has 0 atom stereocenters. The lowest BCUT2D eigenvalue weighted by atomic mass is 9.92. The topological polar surface area (TPSA) is 84.3 Å². The molecule has 1 heterocycles. The Morgan fingerprint density at radius 3 is 2.34 bits per heavy atom. The molecule has 1 amide bonds. The normalized spacial score (nSPS) is 12.6. The van der Waals surface area contributed by atoms with Crippen molar-refractivity contribution >= 4 is 21.7 Å². The van der Waals surface area contributed by atoms with Crippen molar-refractivity contribution < 1.29 is 13.2 Å². The van der Waals surface area contributed by atoms with Crippen LogP contribution >= 0.6 is 0 Å². The van der Waals surface area contributed by atoms with Gasteiger partial charge in [-0.1, -0.05) is 65.0 Å². The average molecular weight is 421 g/mol. The van der Waals surface area contributed by atoms with Gasteiger partial charge in [0.2, 0.25) is 15.9 Å². The molecular weight excluding hydrogens is 388 g/mol. The number of hydrogen-bond donors (Lipinski definition) is 1. The smallest absolute Gasteiger partial charge is 0.240 e. The molecule has 160 valence electrons. The molecule has 1 aromatic carbocycles. The highest BCUT2D eigenvalue weighted by molar-refractivity contribution is 7.88. The lowest BCUT2D eigenvalue weighted by Crippen LogP contribution is -2.40. The number of benzene rings is 1. The number of carbonyl (C=O) groups excluding carboxylic acids is 1. The van der Waals surface area contributed by atoms with E-state index in [0.717, 1.165) is 5.69 Å². The second kappa shape index (κ2) is 9.09. The Bertz CT molecular complexity index is 929. The highest BCUT2D eigenvalue weighted by Crippen LogP contribution is 2.23. The first kappa shape index (κ1) is 23.1. The van der Waals surface area contributed by atoms with E-state index in [1.807, 2.05) is 46.8 Å². The molecule has 0 saturated carbocycles. The van der Waals surface area contributed by atoms with E-state index >= 15 is 0 Å². The summed E-state index contributed by atoms with van der Waals surface area (Å²) < 4.78 is 28.8. The Morgan fingerprint density at radius 1 is 1.21 bits per heavy atom. The number of anilines is 1. The van der Waals surface area contributed by atoms with Crippen LogP contribution in [0.3, 0.4) is 0 Å². The zero-order valence-corrected chi connectivity index (χ0v) is 19.0. The van der Waals surface area contributed by atoms with Gasteiger partial charge in [-0.3, -0.25) is 9.48 Å². The third kappa shape index (κ3) is 6.68. The van der Waals surface area contributed by atoms with Gasteiger partial charge in [0.25, 0.3) is 0 Å². The number of aryl methyl sites for hydroxylation is 1. The van der Waals surface area contributed by atoms with Gasteiger partial charge in [-0.05, 0) is 11.5 Å². The third-order valence-corrected chi connectivity index (χ3v) is 6.15. The van der Waals surface area contributed by atoms with E-state index in [-0.39, 0.29) is 36.1 Å². The van der Waals surface area contributed by atoms with Gasteiger partial charge in [0.05, 0.1) is 18.0 Å². The van der Waals surface area contributed by atoms with Crippen molar-refractivity contribution in [2.45, 2.75) is 45.8 Å². The lowest BCUT2D eigenvalue weighted by Gasteiger charge is -2.23. The maximum atomic E-state index is 13.0. The molecule has 0 unspecified atom stereocenters. The second-order valence-corrected chi connectivity index (χ2v) is 10.7. The van der Waals surface area contributed by atoms with Crippen LogP contribution in [0.4, 0.5) is 5.82 Å². The van der Waals surface area contributed by atoms with Crippen LogP contribution in [0, 0.1) is 5.92 Å². The highest BCUT2D eigenvalue weighted by atomic mass is 32.2. The second-order valence-electron chi connectivity index (χ2n) is 8.76. The Kier molecular flexibility index (Phi) is 7.24. The predicted octanol–water partition coefficient (Wildman–Crippen LogP) is 3.14. The minimum Gasteiger partial charge on any atom is -0.310 e. The van der Waals surface area contributed by atoms with Gasteiger partial charge in [0.1, 0.15) is 5.82 Å². The molecule has 0 fully saturated rings. The predicted molar refractivity (Wildman–Crippen MR) is 116 cm³/mol. The minimum absolute atomic E-state index is 0.0949. The first-order valence-corrected chi connectivity index (χ1v) is 11.4. The number of amides is 1. The van der Waals surface area contributed by atoms with Crippen LogP contribution < -0.4 is 5.32 Å². The summed E-state index contributed by atoms with van der Waals surface area (Å²) in [4.78, 5) is 12.7. The van der Waals surface area contributed by atoms with E-state index < -0.39 is 10.0 Å². The van der Waals surface area contributed by atoms with Crippen LogP contribution in [0.25, 0.3) is 0 Å². The van der Waals surface area contributed by atoms with Gasteiger partial charge in [-0.25, -0.2) is 8.42 Å². The zero-order chi connectivity index (χ0) is 21.8. The number of sulfonamides is 1. The molecule has 0 spiro atoms. The number of rotatable bonds is 8. The molecular formula is C21H32N4O3S. The zero-order valence-electron chi connectivity index (χ0n) is 18.1. The van der Waals surface area contributed by atoms with E-state index in [0.29, 0.717) is 11.4 Å². The molecule has 0 aliphatic rings. The standard InChI is InChI=1S/C21H32N4O3S/c1-16(2)13-25(29(27,28)15-17-10-8-7-9-11-17)14-20(26)22-19-12-18(21(3,4)5)23-24(19)6/h7-12,16H,13-15H2,1-6H3,(H,22,26). The molecule has 2 rings (SSSR count). The van der Waals surface area contributed by atoms with Gasteiger partial charge in [-0.15, -0.1) is 0 Å². The van der Waals surface area contributed by atoms with E-state index in [2.05, 4.69) is 10.4 Å². The van der Waals surface area contributed by atoms with Crippen molar-refractivity contribution in [2.24, 2.45) is 13.0 Å². The summed E-state index contributed by atoms with van der Waals surface area (Å²) in [7, 11) is -1.88. The van der Waals surface area contributed by atoms with Crippen LogP contribution in [-0.2, 0) is 33.0 Å². The molecule has 0 radical (unpaired) electrons. The summed E-state index contributed by atoms with van der Waals surface area (Å²) in [6.45, 7) is 10.0. The van der Waals surface area contributed by atoms with Crippen molar-refractivity contribution in [2.75, 3.05) is 18.4 Å². The molecule has 0 aliphatic heterocycles.